The average molecular weight is 291 g/mol. The highest BCUT2D eigenvalue weighted by Gasteiger charge is 2.46. The van der Waals surface area contributed by atoms with Gasteiger partial charge in [0.05, 0.1) is 4.75 Å². The summed E-state index contributed by atoms with van der Waals surface area (Å²) in [5.41, 5.74) is -1.32. The molecular weight excluding hydrogens is 266 g/mol. The lowest BCUT2D eigenvalue weighted by molar-refractivity contribution is -0.145. The monoisotopic (exact) mass is 291 g/mol. The normalized spacial score (nSPS) is 29.2. The lowest BCUT2D eigenvalue weighted by Crippen LogP contribution is -2.59. The molecule has 2 N–H and O–H groups in total. The van der Waals surface area contributed by atoms with Gasteiger partial charge in [-0.3, -0.25) is 4.79 Å². The maximum absolute atomic E-state index is 12.2. The summed E-state index contributed by atoms with van der Waals surface area (Å²) in [6.45, 7) is 6.80. The summed E-state index contributed by atoms with van der Waals surface area (Å²) in [6.07, 6.45) is 3.28. The number of carboxylic acid groups (broad SMARTS) is 1. The maximum Gasteiger partial charge on any atom is 0.324 e. The molecule has 0 aromatic carbocycles. The average Bonchev–Trinajstić information content (AvgIpc) is 2.27. The Morgan fingerprint density at radius 1 is 1.32 bits per heavy atom. The standard InChI is InChI=1S/C13H25NO4S/c1-5-10-6-8-13(9-7-10,11(15)16)14-19(17,18)12(2,3)4/h10,14H,5-9H2,1-4H3,(H,15,16). The predicted molar refractivity (Wildman–Crippen MR) is 74.4 cm³/mol. The second-order valence-electron chi connectivity index (χ2n) is 6.46. The van der Waals surface area contributed by atoms with E-state index in [0.717, 1.165) is 19.3 Å². The summed E-state index contributed by atoms with van der Waals surface area (Å²) in [4.78, 5) is 11.5. The van der Waals surface area contributed by atoms with Crippen LogP contribution in [0.25, 0.3) is 0 Å². The van der Waals surface area contributed by atoms with Crippen LogP contribution >= 0.6 is 0 Å². The number of hydrogen-bond acceptors (Lipinski definition) is 3. The summed E-state index contributed by atoms with van der Waals surface area (Å²) >= 11 is 0. The molecule has 19 heavy (non-hydrogen) atoms. The van der Waals surface area contributed by atoms with Crippen molar-refractivity contribution in [2.75, 3.05) is 0 Å². The van der Waals surface area contributed by atoms with E-state index < -0.39 is 26.3 Å². The van der Waals surface area contributed by atoms with Gasteiger partial charge < -0.3 is 5.11 Å². The molecule has 1 aliphatic rings. The van der Waals surface area contributed by atoms with E-state index in [-0.39, 0.29) is 0 Å². The Morgan fingerprint density at radius 3 is 2.11 bits per heavy atom. The van der Waals surface area contributed by atoms with Crippen LogP contribution in [0.2, 0.25) is 0 Å². The number of carboxylic acids is 1. The summed E-state index contributed by atoms with van der Waals surface area (Å²) in [5.74, 6) is -0.554. The van der Waals surface area contributed by atoms with Gasteiger partial charge in [-0.25, -0.2) is 8.42 Å². The second kappa shape index (κ2) is 5.40. The minimum atomic E-state index is -3.66. The topological polar surface area (TPSA) is 83.5 Å². The molecule has 0 unspecified atom stereocenters. The van der Waals surface area contributed by atoms with Gasteiger partial charge in [0.1, 0.15) is 5.54 Å². The van der Waals surface area contributed by atoms with Crippen LogP contribution in [0.1, 0.15) is 59.8 Å². The molecule has 1 saturated carbocycles. The first-order valence-corrected chi connectivity index (χ1v) is 8.29. The SMILES string of the molecule is CCC1CCC(NS(=O)(=O)C(C)(C)C)(C(=O)O)CC1. The van der Waals surface area contributed by atoms with Crippen LogP contribution in [-0.2, 0) is 14.8 Å². The van der Waals surface area contributed by atoms with E-state index in [1.165, 1.54) is 0 Å². The molecule has 0 aromatic heterocycles. The summed E-state index contributed by atoms with van der Waals surface area (Å²) in [7, 11) is -3.66. The Morgan fingerprint density at radius 2 is 1.79 bits per heavy atom. The molecule has 1 aliphatic carbocycles. The lowest BCUT2D eigenvalue weighted by Gasteiger charge is -2.38. The Labute approximate surface area is 115 Å². The third kappa shape index (κ3) is 3.48. The summed E-state index contributed by atoms with van der Waals surface area (Å²) in [6, 6.07) is 0. The molecule has 0 aromatic rings. The van der Waals surface area contributed by atoms with Crippen molar-refractivity contribution in [2.45, 2.75) is 70.1 Å². The fourth-order valence-electron chi connectivity index (χ4n) is 2.35. The molecule has 0 aliphatic heterocycles. The van der Waals surface area contributed by atoms with Crippen molar-refractivity contribution < 1.29 is 18.3 Å². The van der Waals surface area contributed by atoms with E-state index in [0.29, 0.717) is 18.8 Å². The van der Waals surface area contributed by atoms with Gasteiger partial charge in [0.15, 0.2) is 0 Å². The number of nitrogens with one attached hydrogen (secondary N) is 1. The minimum absolute atomic E-state index is 0.371. The van der Waals surface area contributed by atoms with Gasteiger partial charge in [-0.2, -0.15) is 4.72 Å². The number of sulfonamides is 1. The second-order valence-corrected chi connectivity index (χ2v) is 8.89. The largest absolute Gasteiger partial charge is 0.480 e. The maximum atomic E-state index is 12.2. The van der Waals surface area contributed by atoms with Crippen molar-refractivity contribution in [1.82, 2.24) is 4.72 Å². The summed E-state index contributed by atoms with van der Waals surface area (Å²) in [5, 5.41) is 9.45. The van der Waals surface area contributed by atoms with E-state index in [9.17, 15) is 18.3 Å². The third-order valence-corrected chi connectivity index (χ3v) is 6.35. The number of aliphatic carboxylic acids is 1. The molecule has 0 radical (unpaired) electrons. The Hall–Kier alpha value is -0.620. The highest BCUT2D eigenvalue weighted by Crippen LogP contribution is 2.35. The molecule has 0 atom stereocenters. The zero-order valence-corrected chi connectivity index (χ0v) is 13.0. The quantitative estimate of drug-likeness (QED) is 0.831. The van der Waals surface area contributed by atoms with Gasteiger partial charge in [-0.15, -0.1) is 0 Å². The molecule has 6 heteroatoms. The fourth-order valence-corrected chi connectivity index (χ4v) is 3.46. The van der Waals surface area contributed by atoms with Crippen molar-refractivity contribution in [3.05, 3.63) is 0 Å². The minimum Gasteiger partial charge on any atom is -0.480 e. The number of rotatable bonds is 4. The third-order valence-electron chi connectivity index (χ3n) is 4.08. The van der Waals surface area contributed by atoms with Gasteiger partial charge in [-0.05, 0) is 52.4 Å². The molecule has 0 spiro atoms. The highest BCUT2D eigenvalue weighted by molar-refractivity contribution is 7.90. The van der Waals surface area contributed by atoms with Gasteiger partial charge in [-0.1, -0.05) is 13.3 Å². The molecule has 0 saturated heterocycles. The highest BCUT2D eigenvalue weighted by atomic mass is 32.2. The first kappa shape index (κ1) is 16.4. The molecule has 5 nitrogen and oxygen atoms in total. The zero-order chi connectivity index (χ0) is 14.9. The van der Waals surface area contributed by atoms with Crippen LogP contribution in [0.3, 0.4) is 0 Å². The van der Waals surface area contributed by atoms with E-state index in [4.69, 9.17) is 0 Å². The van der Waals surface area contributed by atoms with Crippen LogP contribution < -0.4 is 4.72 Å². The number of carbonyl (C=O) groups is 1. The smallest absolute Gasteiger partial charge is 0.324 e. The molecular formula is C13H25NO4S. The van der Waals surface area contributed by atoms with Crippen molar-refractivity contribution in [3.63, 3.8) is 0 Å². The van der Waals surface area contributed by atoms with E-state index in [1.807, 2.05) is 0 Å². The Bertz CT molecular complexity index is 428. The van der Waals surface area contributed by atoms with Gasteiger partial charge in [0.25, 0.3) is 0 Å². The first-order chi connectivity index (χ1) is 8.54. The van der Waals surface area contributed by atoms with Crippen molar-refractivity contribution in [3.8, 4) is 0 Å². The molecule has 1 rings (SSSR count). The van der Waals surface area contributed by atoms with Crippen LogP contribution in [0.5, 0.6) is 0 Å². The van der Waals surface area contributed by atoms with E-state index >= 15 is 0 Å². The Kier molecular flexibility index (Phi) is 4.67. The van der Waals surface area contributed by atoms with Crippen LogP contribution in [-0.4, -0.2) is 29.8 Å². The van der Waals surface area contributed by atoms with E-state index in [2.05, 4.69) is 11.6 Å². The van der Waals surface area contributed by atoms with Crippen LogP contribution in [0, 0.1) is 5.92 Å². The molecule has 0 heterocycles. The van der Waals surface area contributed by atoms with Gasteiger partial charge >= 0.3 is 5.97 Å². The van der Waals surface area contributed by atoms with Gasteiger partial charge in [0, 0.05) is 0 Å². The molecule has 0 amide bonds. The van der Waals surface area contributed by atoms with Crippen LogP contribution in [0.4, 0.5) is 0 Å². The summed E-state index contributed by atoms with van der Waals surface area (Å²) < 4.78 is 25.9. The van der Waals surface area contributed by atoms with Crippen molar-refractivity contribution in [1.29, 1.82) is 0 Å². The molecule has 0 bridgehead atoms. The predicted octanol–water partition coefficient (Wildman–Crippen LogP) is 2.13. The van der Waals surface area contributed by atoms with E-state index in [1.54, 1.807) is 20.8 Å². The number of hydrogen-bond donors (Lipinski definition) is 2. The lowest BCUT2D eigenvalue weighted by atomic mass is 9.76. The van der Waals surface area contributed by atoms with Crippen molar-refractivity contribution in [2.24, 2.45) is 5.92 Å². The van der Waals surface area contributed by atoms with Crippen molar-refractivity contribution >= 4 is 16.0 Å². The Balaban J connectivity index is 2.96. The zero-order valence-electron chi connectivity index (χ0n) is 12.2. The fraction of sp³-hybridized carbons (Fsp3) is 0.923. The van der Waals surface area contributed by atoms with Gasteiger partial charge in [0.2, 0.25) is 10.0 Å². The van der Waals surface area contributed by atoms with Crippen LogP contribution in [0.15, 0.2) is 0 Å². The molecule has 112 valence electrons. The molecule has 1 fully saturated rings. The first-order valence-electron chi connectivity index (χ1n) is 6.81.